The van der Waals surface area contributed by atoms with E-state index in [9.17, 15) is 4.79 Å². The molecule has 24 heavy (non-hydrogen) atoms. The molecule has 1 fully saturated rings. The average molecular weight is 325 g/mol. The first-order valence-electron chi connectivity index (χ1n) is 8.53. The minimum atomic E-state index is -0.481. The van der Waals surface area contributed by atoms with Crippen LogP contribution >= 0.6 is 0 Å². The van der Waals surface area contributed by atoms with Crippen LogP contribution in [0.5, 0.6) is 0 Å². The SMILES string of the molecule is CC(C)(C)OC(=O)N1CC[C@H]2N=CC(c3c[nH]c4ccccc34)[C@H]21. The number of para-hydroxylation sites is 1. The van der Waals surface area contributed by atoms with Crippen molar-refractivity contribution in [3.05, 3.63) is 36.0 Å². The quantitative estimate of drug-likeness (QED) is 0.869. The van der Waals surface area contributed by atoms with Gasteiger partial charge in [0.15, 0.2) is 0 Å². The standard InChI is InChI=1S/C19H23N3O2/c1-19(2,3)24-18(23)22-9-8-16-17(22)14(11-21-16)13-10-20-15-7-5-4-6-12(13)15/h4-7,10-11,14,16-17,20H,8-9H2,1-3H3/t14?,16-,17-/m1/s1. The lowest BCUT2D eigenvalue weighted by atomic mass is 9.91. The molecule has 1 amide bonds. The topological polar surface area (TPSA) is 57.7 Å². The van der Waals surface area contributed by atoms with Gasteiger partial charge in [0.1, 0.15) is 5.60 Å². The summed E-state index contributed by atoms with van der Waals surface area (Å²) in [5.41, 5.74) is 1.84. The van der Waals surface area contributed by atoms with Gasteiger partial charge in [-0.3, -0.25) is 4.99 Å². The maximum Gasteiger partial charge on any atom is 0.410 e. The van der Waals surface area contributed by atoms with E-state index in [2.05, 4.69) is 28.3 Å². The molecule has 0 saturated carbocycles. The van der Waals surface area contributed by atoms with Gasteiger partial charge in [0.2, 0.25) is 0 Å². The lowest BCUT2D eigenvalue weighted by Crippen LogP contribution is -2.43. The van der Waals surface area contributed by atoms with Crippen LogP contribution in [0.15, 0.2) is 35.5 Å². The highest BCUT2D eigenvalue weighted by atomic mass is 16.6. The molecule has 0 radical (unpaired) electrons. The number of hydrogen-bond acceptors (Lipinski definition) is 3. The van der Waals surface area contributed by atoms with E-state index in [1.54, 1.807) is 0 Å². The fourth-order valence-corrected chi connectivity index (χ4v) is 3.85. The van der Waals surface area contributed by atoms with Gasteiger partial charge in [0.05, 0.1) is 12.1 Å². The molecule has 3 heterocycles. The Balaban J connectivity index is 1.65. The molecule has 1 aromatic carbocycles. The molecule has 1 N–H and O–H groups in total. The number of likely N-dealkylation sites (tertiary alicyclic amines) is 1. The second-order valence-electron chi connectivity index (χ2n) is 7.63. The predicted octanol–water partition coefficient (Wildman–Crippen LogP) is 3.71. The number of benzene rings is 1. The van der Waals surface area contributed by atoms with Crippen LogP contribution in [0.2, 0.25) is 0 Å². The molecule has 4 rings (SSSR count). The summed E-state index contributed by atoms with van der Waals surface area (Å²) in [6.45, 7) is 6.42. The van der Waals surface area contributed by atoms with Gasteiger partial charge in [-0.25, -0.2) is 4.79 Å². The number of rotatable bonds is 1. The van der Waals surface area contributed by atoms with Crippen molar-refractivity contribution in [2.45, 2.75) is 50.8 Å². The number of H-pyrrole nitrogens is 1. The zero-order chi connectivity index (χ0) is 16.9. The Labute approximate surface area is 141 Å². The van der Waals surface area contributed by atoms with Crippen molar-refractivity contribution in [3.63, 3.8) is 0 Å². The number of fused-ring (bicyclic) bond motifs is 2. The maximum absolute atomic E-state index is 12.6. The summed E-state index contributed by atoms with van der Waals surface area (Å²) in [6, 6.07) is 8.49. The van der Waals surface area contributed by atoms with Crippen LogP contribution in [0.25, 0.3) is 10.9 Å². The Bertz CT molecular complexity index is 802. The predicted molar refractivity (Wildman–Crippen MR) is 94.7 cm³/mol. The molecule has 5 heteroatoms. The molecule has 1 aromatic heterocycles. The monoisotopic (exact) mass is 325 g/mol. The fourth-order valence-electron chi connectivity index (χ4n) is 3.85. The van der Waals surface area contributed by atoms with E-state index >= 15 is 0 Å². The number of ether oxygens (including phenoxy) is 1. The molecule has 2 aromatic rings. The summed E-state index contributed by atoms with van der Waals surface area (Å²) >= 11 is 0. The minimum absolute atomic E-state index is 0.0547. The van der Waals surface area contributed by atoms with Gasteiger partial charge in [-0.15, -0.1) is 0 Å². The van der Waals surface area contributed by atoms with Crippen molar-refractivity contribution in [2.75, 3.05) is 6.54 Å². The average Bonchev–Trinajstić information content (AvgIpc) is 3.18. The van der Waals surface area contributed by atoms with Crippen LogP contribution < -0.4 is 0 Å². The first kappa shape index (κ1) is 15.2. The summed E-state index contributed by atoms with van der Waals surface area (Å²) in [4.78, 5) is 22.5. The Morgan fingerprint density at radius 2 is 2.12 bits per heavy atom. The molecule has 5 nitrogen and oxygen atoms in total. The van der Waals surface area contributed by atoms with E-state index in [1.807, 2.05) is 44.0 Å². The number of aliphatic imine (C=N–C) groups is 1. The smallest absolute Gasteiger partial charge is 0.410 e. The van der Waals surface area contributed by atoms with Gasteiger partial charge in [-0.2, -0.15) is 0 Å². The summed E-state index contributed by atoms with van der Waals surface area (Å²) in [5.74, 6) is 0.112. The zero-order valence-electron chi connectivity index (χ0n) is 14.3. The maximum atomic E-state index is 12.6. The van der Waals surface area contributed by atoms with Gasteiger partial charge in [-0.05, 0) is 38.8 Å². The molecular weight excluding hydrogens is 302 g/mol. The molecule has 2 aliphatic heterocycles. The number of nitrogens with zero attached hydrogens (tertiary/aromatic N) is 2. The van der Waals surface area contributed by atoms with Crippen LogP contribution in [0, 0.1) is 0 Å². The third-order valence-electron chi connectivity index (χ3n) is 4.83. The minimum Gasteiger partial charge on any atom is -0.444 e. The number of aromatic amines is 1. The molecular formula is C19H23N3O2. The number of aromatic nitrogens is 1. The van der Waals surface area contributed by atoms with Crippen molar-refractivity contribution >= 4 is 23.2 Å². The number of carbonyl (C=O) groups is 1. The molecule has 1 saturated heterocycles. The first-order chi connectivity index (χ1) is 11.4. The number of hydrogen-bond donors (Lipinski definition) is 1. The lowest BCUT2D eigenvalue weighted by Gasteiger charge is -2.30. The third-order valence-corrected chi connectivity index (χ3v) is 4.83. The van der Waals surface area contributed by atoms with Gasteiger partial charge in [0, 0.05) is 35.8 Å². The second kappa shape index (κ2) is 5.36. The van der Waals surface area contributed by atoms with Crippen LogP contribution in [-0.4, -0.2) is 46.4 Å². The van der Waals surface area contributed by atoms with Crippen molar-refractivity contribution in [3.8, 4) is 0 Å². The zero-order valence-corrected chi connectivity index (χ0v) is 14.3. The molecule has 3 atom stereocenters. The summed E-state index contributed by atoms with van der Waals surface area (Å²) in [7, 11) is 0. The number of nitrogens with one attached hydrogen (secondary N) is 1. The Morgan fingerprint density at radius 1 is 1.33 bits per heavy atom. The highest BCUT2D eigenvalue weighted by Crippen LogP contribution is 2.39. The van der Waals surface area contributed by atoms with E-state index in [0.717, 1.165) is 11.9 Å². The Hall–Kier alpha value is -2.30. The van der Waals surface area contributed by atoms with Crippen molar-refractivity contribution in [1.29, 1.82) is 0 Å². The lowest BCUT2D eigenvalue weighted by molar-refractivity contribution is 0.0220. The van der Waals surface area contributed by atoms with Crippen LogP contribution in [0.3, 0.4) is 0 Å². The Morgan fingerprint density at radius 3 is 2.92 bits per heavy atom. The fraction of sp³-hybridized carbons (Fsp3) is 0.474. The molecule has 0 bridgehead atoms. The van der Waals surface area contributed by atoms with E-state index in [-0.39, 0.29) is 24.1 Å². The molecule has 0 spiro atoms. The molecule has 126 valence electrons. The summed E-state index contributed by atoms with van der Waals surface area (Å²) in [5, 5.41) is 1.20. The van der Waals surface area contributed by atoms with Crippen LogP contribution in [0.1, 0.15) is 38.7 Å². The van der Waals surface area contributed by atoms with Gasteiger partial charge in [0.25, 0.3) is 0 Å². The first-order valence-corrected chi connectivity index (χ1v) is 8.53. The van der Waals surface area contributed by atoms with E-state index in [1.165, 1.54) is 10.9 Å². The van der Waals surface area contributed by atoms with Crippen LogP contribution in [0.4, 0.5) is 4.79 Å². The third kappa shape index (κ3) is 2.48. The van der Waals surface area contributed by atoms with Crippen LogP contribution in [-0.2, 0) is 4.74 Å². The van der Waals surface area contributed by atoms with Gasteiger partial charge < -0.3 is 14.6 Å². The Kier molecular flexibility index (Phi) is 3.41. The highest BCUT2D eigenvalue weighted by molar-refractivity contribution is 5.89. The second-order valence-corrected chi connectivity index (χ2v) is 7.63. The summed E-state index contributed by atoms with van der Waals surface area (Å²) in [6.07, 6.45) is 4.74. The van der Waals surface area contributed by atoms with Crippen molar-refractivity contribution in [1.82, 2.24) is 9.88 Å². The van der Waals surface area contributed by atoms with E-state index in [4.69, 9.17) is 4.74 Å². The highest BCUT2D eigenvalue weighted by Gasteiger charge is 2.46. The molecule has 2 aliphatic rings. The largest absolute Gasteiger partial charge is 0.444 e. The molecule has 1 unspecified atom stereocenters. The van der Waals surface area contributed by atoms with Crippen molar-refractivity contribution < 1.29 is 9.53 Å². The number of amides is 1. The summed E-state index contributed by atoms with van der Waals surface area (Å²) < 4.78 is 5.61. The normalized spacial score (nSPS) is 26.1. The van der Waals surface area contributed by atoms with E-state index < -0.39 is 5.60 Å². The van der Waals surface area contributed by atoms with E-state index in [0.29, 0.717) is 6.54 Å². The van der Waals surface area contributed by atoms with Crippen molar-refractivity contribution in [2.24, 2.45) is 4.99 Å². The van der Waals surface area contributed by atoms with Gasteiger partial charge in [-0.1, -0.05) is 18.2 Å². The number of carbonyl (C=O) groups excluding carboxylic acids is 1. The molecule has 0 aliphatic carbocycles. The van der Waals surface area contributed by atoms with Gasteiger partial charge >= 0.3 is 6.09 Å².